The quantitative estimate of drug-likeness (QED) is 0.576. The molecule has 0 spiro atoms. The topological polar surface area (TPSA) is 0 Å². The van der Waals surface area contributed by atoms with Crippen LogP contribution in [0.3, 0.4) is 0 Å². The molecule has 0 aromatic carbocycles. The first kappa shape index (κ1) is 13.9. The molecule has 0 aliphatic carbocycles. The third-order valence-electron chi connectivity index (χ3n) is 3.58. The van der Waals surface area contributed by atoms with E-state index in [0.717, 1.165) is 6.42 Å². The van der Waals surface area contributed by atoms with Gasteiger partial charge in [-0.2, -0.15) is 0 Å². The summed E-state index contributed by atoms with van der Waals surface area (Å²) >= 11 is 2.06. The van der Waals surface area contributed by atoms with Crippen LogP contribution < -0.4 is 0 Å². The summed E-state index contributed by atoms with van der Waals surface area (Å²) in [5, 5.41) is 0. The number of rotatable bonds is 1. The van der Waals surface area contributed by atoms with Crippen LogP contribution in [0, 0.1) is 5.41 Å². The molecule has 0 unspecified atom stereocenters. The zero-order valence-electron chi connectivity index (χ0n) is 12.1. The van der Waals surface area contributed by atoms with Crippen LogP contribution in [0.25, 0.3) is 0 Å². The summed E-state index contributed by atoms with van der Waals surface area (Å²) in [6, 6.07) is 0. The highest BCUT2D eigenvalue weighted by Crippen LogP contribution is 2.52. The zero-order valence-corrected chi connectivity index (χ0v) is 12.9. The lowest BCUT2D eigenvalue weighted by Gasteiger charge is -2.39. The standard InChI is InChI=1S/C15H26S/c1-9-12-10(2)11(3)15(7,8)16-13(12)14(4,5)6/h9H2,1-8H3. The van der Waals surface area contributed by atoms with E-state index < -0.39 is 0 Å². The van der Waals surface area contributed by atoms with Crippen molar-refractivity contribution in [1.82, 2.24) is 0 Å². The second-order valence-electron chi connectivity index (χ2n) is 6.27. The minimum atomic E-state index is 0.255. The molecule has 0 N–H and O–H groups in total. The Hall–Kier alpha value is -0.170. The Bertz CT molecular complexity index is 348. The van der Waals surface area contributed by atoms with Gasteiger partial charge in [-0.1, -0.05) is 33.3 Å². The summed E-state index contributed by atoms with van der Waals surface area (Å²) in [5.41, 5.74) is 4.92. The van der Waals surface area contributed by atoms with E-state index >= 15 is 0 Å². The summed E-state index contributed by atoms with van der Waals surface area (Å²) in [6.07, 6.45) is 1.15. The van der Waals surface area contributed by atoms with E-state index in [4.69, 9.17) is 0 Å². The first-order valence-corrected chi connectivity index (χ1v) is 7.04. The number of allylic oxidation sites excluding steroid dienone is 3. The molecule has 1 heterocycles. The van der Waals surface area contributed by atoms with Crippen molar-refractivity contribution >= 4 is 11.8 Å². The van der Waals surface area contributed by atoms with E-state index in [2.05, 4.69) is 67.2 Å². The molecule has 0 fully saturated rings. The number of hydrogen-bond donors (Lipinski definition) is 0. The van der Waals surface area contributed by atoms with Crippen LogP contribution in [0.4, 0.5) is 0 Å². The summed E-state index contributed by atoms with van der Waals surface area (Å²) in [7, 11) is 0. The van der Waals surface area contributed by atoms with Crippen LogP contribution in [0.15, 0.2) is 21.6 Å². The molecule has 0 amide bonds. The van der Waals surface area contributed by atoms with Crippen molar-refractivity contribution < 1.29 is 0 Å². The highest BCUT2D eigenvalue weighted by Gasteiger charge is 2.35. The average Bonchev–Trinajstić information content (AvgIpc) is 2.12. The van der Waals surface area contributed by atoms with Crippen LogP contribution in [0.5, 0.6) is 0 Å². The Morgan fingerprint density at radius 1 is 1.12 bits per heavy atom. The van der Waals surface area contributed by atoms with E-state index in [-0.39, 0.29) is 10.2 Å². The molecular weight excluding hydrogens is 212 g/mol. The van der Waals surface area contributed by atoms with Gasteiger partial charge in [-0.15, -0.1) is 11.8 Å². The lowest BCUT2D eigenvalue weighted by Crippen LogP contribution is -2.26. The Morgan fingerprint density at radius 3 is 2.00 bits per heavy atom. The largest absolute Gasteiger partial charge is 0.119 e. The van der Waals surface area contributed by atoms with Gasteiger partial charge in [0.1, 0.15) is 0 Å². The van der Waals surface area contributed by atoms with Crippen molar-refractivity contribution in [1.29, 1.82) is 0 Å². The van der Waals surface area contributed by atoms with E-state index in [1.54, 1.807) is 16.1 Å². The van der Waals surface area contributed by atoms with Crippen molar-refractivity contribution in [3.05, 3.63) is 21.6 Å². The number of hydrogen-bond acceptors (Lipinski definition) is 1. The fourth-order valence-electron chi connectivity index (χ4n) is 2.27. The first-order valence-electron chi connectivity index (χ1n) is 6.22. The maximum absolute atomic E-state index is 2.34. The van der Waals surface area contributed by atoms with Crippen molar-refractivity contribution in [3.8, 4) is 0 Å². The van der Waals surface area contributed by atoms with Gasteiger partial charge in [0.05, 0.1) is 0 Å². The van der Waals surface area contributed by atoms with E-state index in [1.165, 1.54) is 5.57 Å². The Kier molecular flexibility index (Phi) is 3.69. The van der Waals surface area contributed by atoms with Gasteiger partial charge < -0.3 is 0 Å². The third kappa shape index (κ3) is 2.40. The molecule has 1 rings (SSSR count). The van der Waals surface area contributed by atoms with Crippen LogP contribution in [-0.2, 0) is 0 Å². The molecule has 0 bridgehead atoms. The first-order chi connectivity index (χ1) is 7.11. The predicted molar refractivity (Wildman–Crippen MR) is 76.8 cm³/mol. The van der Waals surface area contributed by atoms with Crippen LogP contribution >= 0.6 is 11.8 Å². The molecule has 0 atom stereocenters. The average molecular weight is 238 g/mol. The molecule has 16 heavy (non-hydrogen) atoms. The van der Waals surface area contributed by atoms with Gasteiger partial charge in [-0.05, 0) is 55.6 Å². The normalized spacial score (nSPS) is 21.8. The second-order valence-corrected chi connectivity index (χ2v) is 7.91. The molecule has 1 heteroatoms. The molecule has 0 aromatic heterocycles. The highest BCUT2D eigenvalue weighted by atomic mass is 32.2. The van der Waals surface area contributed by atoms with E-state index in [1.807, 2.05) is 0 Å². The van der Waals surface area contributed by atoms with Gasteiger partial charge in [-0.3, -0.25) is 0 Å². The summed E-state index contributed by atoms with van der Waals surface area (Å²) < 4.78 is 0.255. The van der Waals surface area contributed by atoms with Gasteiger partial charge in [0.2, 0.25) is 0 Å². The highest BCUT2D eigenvalue weighted by molar-refractivity contribution is 8.04. The smallest absolute Gasteiger partial charge is 0.0359 e. The summed E-state index contributed by atoms with van der Waals surface area (Å²) in [4.78, 5) is 1.59. The Morgan fingerprint density at radius 2 is 1.62 bits per heavy atom. The van der Waals surface area contributed by atoms with Gasteiger partial charge in [0, 0.05) is 4.75 Å². The minimum Gasteiger partial charge on any atom is -0.119 e. The maximum atomic E-state index is 2.34. The second kappa shape index (κ2) is 4.25. The molecule has 0 saturated carbocycles. The lowest BCUT2D eigenvalue weighted by molar-refractivity contribution is 0.524. The van der Waals surface area contributed by atoms with Gasteiger partial charge in [0.25, 0.3) is 0 Å². The molecule has 92 valence electrons. The third-order valence-corrected chi connectivity index (χ3v) is 5.46. The molecule has 0 nitrogen and oxygen atoms in total. The molecule has 0 aromatic rings. The number of thioether (sulfide) groups is 1. The molecule has 0 radical (unpaired) electrons. The van der Waals surface area contributed by atoms with Crippen LogP contribution in [0.1, 0.15) is 61.8 Å². The van der Waals surface area contributed by atoms with E-state index in [9.17, 15) is 0 Å². The zero-order chi connectivity index (χ0) is 12.7. The molecule has 1 aliphatic heterocycles. The van der Waals surface area contributed by atoms with Gasteiger partial charge in [0.15, 0.2) is 0 Å². The van der Waals surface area contributed by atoms with Crippen LogP contribution in [0.2, 0.25) is 0 Å². The molecule has 0 saturated heterocycles. The fraction of sp³-hybridized carbons (Fsp3) is 0.733. The Balaban J connectivity index is 3.39. The monoisotopic (exact) mass is 238 g/mol. The van der Waals surface area contributed by atoms with Crippen molar-refractivity contribution in [2.24, 2.45) is 5.41 Å². The van der Waals surface area contributed by atoms with Crippen molar-refractivity contribution in [2.45, 2.75) is 66.6 Å². The minimum absolute atomic E-state index is 0.255. The van der Waals surface area contributed by atoms with Crippen molar-refractivity contribution in [2.75, 3.05) is 0 Å². The SMILES string of the molecule is CCC1=C(C(C)(C)C)SC(C)(C)C(C)=C1C. The van der Waals surface area contributed by atoms with E-state index in [0.29, 0.717) is 0 Å². The van der Waals surface area contributed by atoms with Gasteiger partial charge in [-0.25, -0.2) is 0 Å². The lowest BCUT2D eigenvalue weighted by atomic mass is 9.85. The maximum Gasteiger partial charge on any atom is 0.0359 e. The fourth-order valence-corrected chi connectivity index (χ4v) is 3.82. The van der Waals surface area contributed by atoms with Crippen LogP contribution in [-0.4, -0.2) is 4.75 Å². The predicted octanol–water partition coefficient (Wildman–Crippen LogP) is 5.56. The molecule has 1 aliphatic rings. The van der Waals surface area contributed by atoms with Gasteiger partial charge >= 0.3 is 0 Å². The molecular formula is C15H26S. The summed E-state index contributed by atoms with van der Waals surface area (Å²) in [6.45, 7) is 18.5. The van der Waals surface area contributed by atoms with Crippen molar-refractivity contribution in [3.63, 3.8) is 0 Å². The Labute approximate surface area is 106 Å². The summed E-state index contributed by atoms with van der Waals surface area (Å²) in [5.74, 6) is 0.